The van der Waals surface area contributed by atoms with Crippen molar-refractivity contribution in [2.24, 2.45) is 5.92 Å². The lowest BCUT2D eigenvalue weighted by Gasteiger charge is -2.12. The molecule has 1 fully saturated rings. The van der Waals surface area contributed by atoms with Crippen molar-refractivity contribution in [1.82, 2.24) is 10.6 Å². The minimum Gasteiger partial charge on any atom is -0.472 e. The van der Waals surface area contributed by atoms with Crippen LogP contribution in [-0.4, -0.2) is 53.6 Å². The SMILES string of the molecule is CC(C)(O)O.O=C(NCC1COC(CNC(=O)c2ccccc2Cl)C1)c1ccoc1. The Bertz CT molecular complexity index is 813. The van der Waals surface area contributed by atoms with Gasteiger partial charge in [-0.05, 0) is 38.5 Å². The van der Waals surface area contributed by atoms with Crippen molar-refractivity contribution in [3.8, 4) is 0 Å². The third-order valence-electron chi connectivity index (χ3n) is 4.11. The van der Waals surface area contributed by atoms with E-state index < -0.39 is 5.79 Å². The number of hydrogen-bond acceptors (Lipinski definition) is 6. The molecule has 0 bridgehead atoms. The molecular weight excluding hydrogens is 412 g/mol. The number of aliphatic hydroxyl groups is 2. The van der Waals surface area contributed by atoms with Crippen LogP contribution >= 0.6 is 11.6 Å². The summed E-state index contributed by atoms with van der Waals surface area (Å²) in [5.41, 5.74) is 0.952. The Balaban J connectivity index is 0.000000575. The van der Waals surface area contributed by atoms with Crippen LogP contribution < -0.4 is 10.6 Å². The fraction of sp³-hybridized carbons (Fsp3) is 0.429. The topological polar surface area (TPSA) is 121 Å². The summed E-state index contributed by atoms with van der Waals surface area (Å²) in [5, 5.41) is 22.3. The molecule has 0 aliphatic carbocycles. The second-order valence-electron chi connectivity index (χ2n) is 7.46. The summed E-state index contributed by atoms with van der Waals surface area (Å²) in [6, 6.07) is 8.53. The van der Waals surface area contributed by atoms with E-state index in [4.69, 9.17) is 31.0 Å². The van der Waals surface area contributed by atoms with Crippen molar-refractivity contribution in [3.63, 3.8) is 0 Å². The van der Waals surface area contributed by atoms with E-state index in [-0.39, 0.29) is 23.8 Å². The van der Waals surface area contributed by atoms with Crippen LogP contribution in [0.15, 0.2) is 47.3 Å². The number of hydrogen-bond donors (Lipinski definition) is 4. The van der Waals surface area contributed by atoms with Crippen molar-refractivity contribution < 1.29 is 29.0 Å². The van der Waals surface area contributed by atoms with Gasteiger partial charge < -0.3 is 30.0 Å². The summed E-state index contributed by atoms with van der Waals surface area (Å²) < 4.78 is 10.6. The summed E-state index contributed by atoms with van der Waals surface area (Å²) in [4.78, 5) is 24.0. The lowest BCUT2D eigenvalue weighted by atomic mass is 10.1. The molecule has 2 atom stereocenters. The minimum absolute atomic E-state index is 0.0673. The van der Waals surface area contributed by atoms with Gasteiger partial charge >= 0.3 is 0 Å². The average molecular weight is 439 g/mol. The molecule has 2 heterocycles. The number of nitrogens with one attached hydrogen (secondary N) is 2. The molecule has 0 spiro atoms. The van der Waals surface area contributed by atoms with Gasteiger partial charge in [0.1, 0.15) is 6.26 Å². The van der Waals surface area contributed by atoms with Gasteiger partial charge in [-0.25, -0.2) is 0 Å². The molecule has 1 aliphatic rings. The maximum absolute atomic E-state index is 12.1. The number of carbonyl (C=O) groups excluding carboxylic acids is 2. The quantitative estimate of drug-likeness (QED) is 0.513. The molecule has 164 valence electrons. The minimum atomic E-state index is -1.50. The second-order valence-corrected chi connectivity index (χ2v) is 7.87. The number of amides is 2. The first-order chi connectivity index (χ1) is 14.1. The van der Waals surface area contributed by atoms with Crippen LogP contribution in [0.25, 0.3) is 0 Å². The van der Waals surface area contributed by atoms with Gasteiger partial charge in [0.25, 0.3) is 11.8 Å². The summed E-state index contributed by atoms with van der Waals surface area (Å²) >= 11 is 6.01. The molecule has 30 heavy (non-hydrogen) atoms. The lowest BCUT2D eigenvalue weighted by Crippen LogP contribution is -2.32. The molecule has 1 saturated heterocycles. The fourth-order valence-corrected chi connectivity index (χ4v) is 2.97. The Hall–Kier alpha value is -2.39. The molecule has 2 aromatic rings. The van der Waals surface area contributed by atoms with Crippen molar-refractivity contribution >= 4 is 23.4 Å². The maximum Gasteiger partial charge on any atom is 0.254 e. The molecule has 9 heteroatoms. The number of benzene rings is 1. The molecule has 1 aromatic heterocycles. The Morgan fingerprint density at radius 1 is 1.13 bits per heavy atom. The van der Waals surface area contributed by atoms with Crippen molar-refractivity contribution in [2.75, 3.05) is 19.7 Å². The zero-order valence-electron chi connectivity index (χ0n) is 16.9. The first kappa shape index (κ1) is 23.9. The van der Waals surface area contributed by atoms with Gasteiger partial charge in [-0.3, -0.25) is 9.59 Å². The molecular formula is C21H27ClN2O6. The summed E-state index contributed by atoms with van der Waals surface area (Å²) in [6.45, 7) is 4.09. The maximum atomic E-state index is 12.1. The molecule has 3 rings (SSSR count). The Morgan fingerprint density at radius 2 is 1.80 bits per heavy atom. The number of rotatable bonds is 6. The largest absolute Gasteiger partial charge is 0.472 e. The van der Waals surface area contributed by atoms with E-state index in [1.165, 1.54) is 26.4 Å². The highest BCUT2D eigenvalue weighted by Gasteiger charge is 2.26. The third-order valence-corrected chi connectivity index (χ3v) is 4.44. The van der Waals surface area contributed by atoms with Crippen LogP contribution in [0.1, 0.15) is 41.0 Å². The first-order valence-corrected chi connectivity index (χ1v) is 9.90. The van der Waals surface area contributed by atoms with E-state index in [2.05, 4.69) is 10.6 Å². The van der Waals surface area contributed by atoms with Crippen LogP contribution in [0, 0.1) is 5.92 Å². The van der Waals surface area contributed by atoms with Gasteiger partial charge in [-0.1, -0.05) is 23.7 Å². The predicted octanol–water partition coefficient (Wildman–Crippen LogP) is 2.21. The summed E-state index contributed by atoms with van der Waals surface area (Å²) in [5.74, 6) is -1.66. The second kappa shape index (κ2) is 11.1. The van der Waals surface area contributed by atoms with Crippen LogP contribution in [0.2, 0.25) is 5.02 Å². The first-order valence-electron chi connectivity index (χ1n) is 9.53. The molecule has 1 aliphatic heterocycles. The van der Waals surface area contributed by atoms with Gasteiger partial charge in [0.05, 0.1) is 35.1 Å². The summed E-state index contributed by atoms with van der Waals surface area (Å²) in [6.07, 6.45) is 3.58. The van der Waals surface area contributed by atoms with Crippen LogP contribution in [-0.2, 0) is 4.74 Å². The van der Waals surface area contributed by atoms with Gasteiger partial charge in [-0.2, -0.15) is 0 Å². The Morgan fingerprint density at radius 3 is 2.43 bits per heavy atom. The van der Waals surface area contributed by atoms with Crippen molar-refractivity contribution in [1.29, 1.82) is 0 Å². The van der Waals surface area contributed by atoms with Crippen molar-refractivity contribution in [2.45, 2.75) is 32.2 Å². The molecule has 2 amide bonds. The zero-order chi connectivity index (χ0) is 22.1. The smallest absolute Gasteiger partial charge is 0.254 e. The lowest BCUT2D eigenvalue weighted by molar-refractivity contribution is -0.127. The standard InChI is InChI=1S/C18H19ClN2O4.C3H8O2/c19-16-4-2-1-3-15(16)18(23)21-9-14-7-12(10-25-14)8-20-17(22)13-5-6-24-11-13;1-3(2,4)5/h1-6,11-12,14H,7-10H2,(H,20,22)(H,21,23);4-5H,1-2H3. The van der Waals surface area contributed by atoms with Gasteiger partial charge in [0.2, 0.25) is 0 Å². The van der Waals surface area contributed by atoms with E-state index in [0.717, 1.165) is 6.42 Å². The molecule has 8 nitrogen and oxygen atoms in total. The van der Waals surface area contributed by atoms with E-state index >= 15 is 0 Å². The van der Waals surface area contributed by atoms with E-state index in [1.807, 2.05) is 0 Å². The highest BCUT2D eigenvalue weighted by molar-refractivity contribution is 6.33. The number of halogens is 1. The van der Waals surface area contributed by atoms with E-state index in [0.29, 0.717) is 35.8 Å². The third kappa shape index (κ3) is 8.54. The highest BCUT2D eigenvalue weighted by Crippen LogP contribution is 2.19. The monoisotopic (exact) mass is 438 g/mol. The molecule has 0 saturated carbocycles. The van der Waals surface area contributed by atoms with E-state index in [1.54, 1.807) is 30.3 Å². The molecule has 1 aromatic carbocycles. The average Bonchev–Trinajstić information content (AvgIpc) is 3.35. The number of furan rings is 1. The predicted molar refractivity (Wildman–Crippen MR) is 111 cm³/mol. The van der Waals surface area contributed by atoms with Gasteiger partial charge in [0, 0.05) is 19.0 Å². The number of ether oxygens (including phenoxy) is 1. The zero-order valence-corrected chi connectivity index (χ0v) is 17.7. The van der Waals surface area contributed by atoms with Crippen LogP contribution in [0.3, 0.4) is 0 Å². The van der Waals surface area contributed by atoms with E-state index in [9.17, 15) is 9.59 Å². The molecule has 0 radical (unpaired) electrons. The molecule has 4 N–H and O–H groups in total. The Kier molecular flexibility index (Phi) is 8.86. The van der Waals surface area contributed by atoms with Gasteiger partial charge in [0.15, 0.2) is 5.79 Å². The summed E-state index contributed by atoms with van der Waals surface area (Å²) in [7, 11) is 0. The van der Waals surface area contributed by atoms with Crippen molar-refractivity contribution in [3.05, 3.63) is 59.0 Å². The number of carbonyl (C=O) groups is 2. The van der Waals surface area contributed by atoms with Gasteiger partial charge in [-0.15, -0.1) is 0 Å². The fourth-order valence-electron chi connectivity index (χ4n) is 2.74. The Labute approximate surface area is 180 Å². The highest BCUT2D eigenvalue weighted by atomic mass is 35.5. The normalized spacial score (nSPS) is 18.3. The van der Waals surface area contributed by atoms with Crippen LogP contribution in [0.4, 0.5) is 0 Å². The van der Waals surface area contributed by atoms with Crippen LogP contribution in [0.5, 0.6) is 0 Å². The molecule has 2 unspecified atom stereocenters.